The fourth-order valence-corrected chi connectivity index (χ4v) is 2.22. The van der Waals surface area contributed by atoms with Crippen molar-refractivity contribution in [3.8, 4) is 5.75 Å². The molecule has 3 nitrogen and oxygen atoms in total. The van der Waals surface area contributed by atoms with E-state index in [1.807, 2.05) is 12.1 Å². The first kappa shape index (κ1) is 14.4. The maximum absolute atomic E-state index is 9.32. The second-order valence-corrected chi connectivity index (χ2v) is 5.40. The van der Waals surface area contributed by atoms with Crippen molar-refractivity contribution in [2.45, 2.75) is 19.5 Å². The van der Waals surface area contributed by atoms with E-state index in [1.165, 1.54) is 5.56 Å². The Kier molecular flexibility index (Phi) is 4.64. The first-order valence-electron chi connectivity index (χ1n) is 6.84. The standard InChI is InChI=1S/C17H22N2O/c1-13(15-7-9-17(20)10-8-15)18-16-6-4-5-14(11-16)12-19(2)3/h4-11,13,18,20H,12H2,1-3H3. The van der Waals surface area contributed by atoms with Crippen LogP contribution < -0.4 is 5.32 Å². The molecule has 1 unspecified atom stereocenters. The van der Waals surface area contributed by atoms with Crippen LogP contribution in [-0.2, 0) is 6.54 Å². The molecule has 0 fully saturated rings. The molecule has 0 aromatic heterocycles. The van der Waals surface area contributed by atoms with Gasteiger partial charge in [0.1, 0.15) is 5.75 Å². The van der Waals surface area contributed by atoms with E-state index in [-0.39, 0.29) is 6.04 Å². The van der Waals surface area contributed by atoms with Gasteiger partial charge < -0.3 is 15.3 Å². The summed E-state index contributed by atoms with van der Waals surface area (Å²) in [5.74, 6) is 0.300. The summed E-state index contributed by atoms with van der Waals surface area (Å²) in [6.45, 7) is 3.05. The lowest BCUT2D eigenvalue weighted by Gasteiger charge is -2.17. The van der Waals surface area contributed by atoms with Crippen LogP contribution in [0, 0.1) is 0 Å². The molecule has 106 valence electrons. The number of rotatable bonds is 5. The molecule has 2 rings (SSSR count). The number of phenolic OH excluding ortho intramolecular Hbond substituents is 1. The minimum absolute atomic E-state index is 0.199. The smallest absolute Gasteiger partial charge is 0.115 e. The first-order valence-corrected chi connectivity index (χ1v) is 6.84. The minimum atomic E-state index is 0.199. The van der Waals surface area contributed by atoms with Crippen molar-refractivity contribution in [1.29, 1.82) is 0 Å². The maximum Gasteiger partial charge on any atom is 0.115 e. The summed E-state index contributed by atoms with van der Waals surface area (Å²) in [7, 11) is 4.14. The van der Waals surface area contributed by atoms with Crippen LogP contribution in [0.4, 0.5) is 5.69 Å². The molecule has 0 saturated carbocycles. The van der Waals surface area contributed by atoms with E-state index < -0.39 is 0 Å². The molecule has 2 N–H and O–H groups in total. The highest BCUT2D eigenvalue weighted by Gasteiger charge is 2.06. The summed E-state index contributed by atoms with van der Waals surface area (Å²) in [6, 6.07) is 16.0. The number of hydrogen-bond acceptors (Lipinski definition) is 3. The van der Waals surface area contributed by atoms with Crippen molar-refractivity contribution in [2.75, 3.05) is 19.4 Å². The number of nitrogens with one attached hydrogen (secondary N) is 1. The Balaban J connectivity index is 2.07. The van der Waals surface area contributed by atoms with Gasteiger partial charge in [-0.1, -0.05) is 24.3 Å². The Morgan fingerprint density at radius 1 is 1.10 bits per heavy atom. The normalized spacial score (nSPS) is 12.4. The van der Waals surface area contributed by atoms with Gasteiger partial charge in [-0.2, -0.15) is 0 Å². The molecular weight excluding hydrogens is 248 g/mol. The van der Waals surface area contributed by atoms with Gasteiger partial charge in [-0.3, -0.25) is 0 Å². The van der Waals surface area contributed by atoms with Crippen LogP contribution in [0.2, 0.25) is 0 Å². The van der Waals surface area contributed by atoms with Crippen LogP contribution in [0.5, 0.6) is 5.75 Å². The third kappa shape index (κ3) is 4.00. The average molecular weight is 270 g/mol. The number of aromatic hydroxyl groups is 1. The largest absolute Gasteiger partial charge is 0.508 e. The highest BCUT2D eigenvalue weighted by molar-refractivity contribution is 5.48. The lowest BCUT2D eigenvalue weighted by Crippen LogP contribution is -2.11. The van der Waals surface area contributed by atoms with Crippen molar-refractivity contribution >= 4 is 5.69 Å². The monoisotopic (exact) mass is 270 g/mol. The molecule has 0 amide bonds. The van der Waals surface area contributed by atoms with Gasteiger partial charge in [0, 0.05) is 18.3 Å². The predicted molar refractivity (Wildman–Crippen MR) is 84.0 cm³/mol. The van der Waals surface area contributed by atoms with Crippen LogP contribution in [0.25, 0.3) is 0 Å². The van der Waals surface area contributed by atoms with Crippen LogP contribution in [-0.4, -0.2) is 24.1 Å². The highest BCUT2D eigenvalue weighted by Crippen LogP contribution is 2.22. The van der Waals surface area contributed by atoms with Crippen LogP contribution in [0.3, 0.4) is 0 Å². The summed E-state index contributed by atoms with van der Waals surface area (Å²) < 4.78 is 0. The van der Waals surface area contributed by atoms with Gasteiger partial charge in [-0.15, -0.1) is 0 Å². The molecule has 1 atom stereocenters. The van der Waals surface area contributed by atoms with Crippen LogP contribution in [0.15, 0.2) is 48.5 Å². The van der Waals surface area contributed by atoms with Gasteiger partial charge in [0.2, 0.25) is 0 Å². The molecule has 0 spiro atoms. The number of benzene rings is 2. The molecule has 2 aromatic rings. The van der Waals surface area contributed by atoms with Crippen molar-refractivity contribution in [2.24, 2.45) is 0 Å². The van der Waals surface area contributed by atoms with Gasteiger partial charge >= 0.3 is 0 Å². The van der Waals surface area contributed by atoms with E-state index in [1.54, 1.807) is 12.1 Å². The second kappa shape index (κ2) is 6.44. The van der Waals surface area contributed by atoms with E-state index in [9.17, 15) is 5.11 Å². The summed E-state index contributed by atoms with van der Waals surface area (Å²) in [5.41, 5.74) is 3.56. The van der Waals surface area contributed by atoms with E-state index >= 15 is 0 Å². The molecule has 20 heavy (non-hydrogen) atoms. The highest BCUT2D eigenvalue weighted by atomic mass is 16.3. The molecule has 0 heterocycles. The summed E-state index contributed by atoms with van der Waals surface area (Å²) in [4.78, 5) is 2.16. The second-order valence-electron chi connectivity index (χ2n) is 5.40. The zero-order valence-electron chi connectivity index (χ0n) is 12.3. The van der Waals surface area contributed by atoms with E-state index in [0.29, 0.717) is 5.75 Å². The van der Waals surface area contributed by atoms with E-state index in [4.69, 9.17) is 0 Å². The molecule has 2 aromatic carbocycles. The van der Waals surface area contributed by atoms with Crippen LogP contribution >= 0.6 is 0 Å². The SMILES string of the molecule is CC(Nc1cccc(CN(C)C)c1)c1ccc(O)cc1. The molecule has 3 heteroatoms. The fraction of sp³-hybridized carbons (Fsp3) is 0.294. The summed E-state index contributed by atoms with van der Waals surface area (Å²) >= 11 is 0. The van der Waals surface area contributed by atoms with Crippen molar-refractivity contribution in [1.82, 2.24) is 4.90 Å². The van der Waals surface area contributed by atoms with Gasteiger partial charge in [0.05, 0.1) is 0 Å². The van der Waals surface area contributed by atoms with Gasteiger partial charge in [0.15, 0.2) is 0 Å². The van der Waals surface area contributed by atoms with E-state index in [2.05, 4.69) is 55.5 Å². The minimum Gasteiger partial charge on any atom is -0.508 e. The van der Waals surface area contributed by atoms with Crippen LogP contribution in [0.1, 0.15) is 24.1 Å². The lowest BCUT2D eigenvalue weighted by atomic mass is 10.1. The van der Waals surface area contributed by atoms with Crippen molar-refractivity contribution in [3.63, 3.8) is 0 Å². The summed E-state index contributed by atoms with van der Waals surface area (Å²) in [5, 5.41) is 12.8. The van der Waals surface area contributed by atoms with E-state index in [0.717, 1.165) is 17.8 Å². The molecule has 0 bridgehead atoms. The molecule has 0 aliphatic rings. The Bertz CT molecular complexity index is 549. The Hall–Kier alpha value is -2.00. The van der Waals surface area contributed by atoms with Gasteiger partial charge in [0.25, 0.3) is 0 Å². The molecule has 0 aliphatic carbocycles. The number of nitrogens with zero attached hydrogens (tertiary/aromatic N) is 1. The molecular formula is C17H22N2O. The zero-order valence-corrected chi connectivity index (χ0v) is 12.3. The molecule has 0 radical (unpaired) electrons. The first-order chi connectivity index (χ1) is 9.54. The number of phenols is 1. The number of hydrogen-bond donors (Lipinski definition) is 2. The molecule has 0 saturated heterocycles. The van der Waals surface area contributed by atoms with Crippen molar-refractivity contribution < 1.29 is 5.11 Å². The zero-order chi connectivity index (χ0) is 14.5. The van der Waals surface area contributed by atoms with Gasteiger partial charge in [-0.05, 0) is 56.4 Å². The third-order valence-electron chi connectivity index (χ3n) is 3.20. The van der Waals surface area contributed by atoms with Crippen molar-refractivity contribution in [3.05, 3.63) is 59.7 Å². The maximum atomic E-state index is 9.32. The quantitative estimate of drug-likeness (QED) is 0.871. The predicted octanol–water partition coefficient (Wildman–Crippen LogP) is 3.63. The summed E-state index contributed by atoms with van der Waals surface area (Å²) in [6.07, 6.45) is 0. The van der Waals surface area contributed by atoms with Gasteiger partial charge in [-0.25, -0.2) is 0 Å². The lowest BCUT2D eigenvalue weighted by molar-refractivity contribution is 0.402. The Morgan fingerprint density at radius 3 is 2.45 bits per heavy atom. The topological polar surface area (TPSA) is 35.5 Å². The third-order valence-corrected chi connectivity index (χ3v) is 3.20. The fourth-order valence-electron chi connectivity index (χ4n) is 2.22. The average Bonchev–Trinajstić information content (AvgIpc) is 2.39. The Morgan fingerprint density at radius 2 is 1.80 bits per heavy atom. The number of anilines is 1. The Labute approximate surface area is 120 Å². The molecule has 0 aliphatic heterocycles.